The smallest absolute Gasteiger partial charge is 0.254 e. The summed E-state index contributed by atoms with van der Waals surface area (Å²) in [5.74, 6) is 1.32. The Morgan fingerprint density at radius 3 is 2.68 bits per heavy atom. The Morgan fingerprint density at radius 1 is 1.20 bits per heavy atom. The number of nitrogens with one attached hydrogen (secondary N) is 1. The maximum Gasteiger partial charge on any atom is 0.254 e. The second kappa shape index (κ2) is 7.80. The van der Waals surface area contributed by atoms with Crippen molar-refractivity contribution in [2.24, 2.45) is 0 Å². The van der Waals surface area contributed by atoms with Gasteiger partial charge in [-0.3, -0.25) is 4.79 Å². The zero-order chi connectivity index (χ0) is 17.6. The van der Waals surface area contributed by atoms with Crippen LogP contribution in [0.15, 0.2) is 42.2 Å². The largest absolute Gasteiger partial charge is 0.370 e. The number of nitrogens with zero attached hydrogens (tertiary/aromatic N) is 5. The SMILES string of the molecule is CN(C)C(=O)c1ccc(NCCc2csc(-c3ncccn3)n2)nc1. The molecule has 0 aromatic carbocycles. The lowest BCUT2D eigenvalue weighted by Gasteiger charge is -2.10. The molecule has 1 amide bonds. The third-order valence-electron chi connectivity index (χ3n) is 3.41. The number of carbonyl (C=O) groups is 1. The molecule has 0 saturated carbocycles. The summed E-state index contributed by atoms with van der Waals surface area (Å²) in [5, 5.41) is 6.07. The summed E-state index contributed by atoms with van der Waals surface area (Å²) in [7, 11) is 3.44. The van der Waals surface area contributed by atoms with Crippen molar-refractivity contribution in [3.63, 3.8) is 0 Å². The lowest BCUT2D eigenvalue weighted by Crippen LogP contribution is -2.21. The van der Waals surface area contributed by atoms with E-state index in [1.807, 2.05) is 5.38 Å². The Balaban J connectivity index is 1.53. The van der Waals surface area contributed by atoms with E-state index < -0.39 is 0 Å². The van der Waals surface area contributed by atoms with Crippen LogP contribution in [0.5, 0.6) is 0 Å². The summed E-state index contributed by atoms with van der Waals surface area (Å²) in [6.45, 7) is 0.701. The summed E-state index contributed by atoms with van der Waals surface area (Å²) in [4.78, 5) is 30.6. The molecule has 128 valence electrons. The third-order valence-corrected chi connectivity index (χ3v) is 4.30. The molecule has 3 rings (SSSR count). The van der Waals surface area contributed by atoms with Crippen LogP contribution in [0, 0.1) is 0 Å². The van der Waals surface area contributed by atoms with Crippen molar-refractivity contribution in [3.8, 4) is 10.8 Å². The van der Waals surface area contributed by atoms with Crippen LogP contribution in [0.25, 0.3) is 10.8 Å². The Hall–Kier alpha value is -2.87. The quantitative estimate of drug-likeness (QED) is 0.731. The van der Waals surface area contributed by atoms with E-state index in [1.165, 1.54) is 16.2 Å². The molecule has 0 aliphatic heterocycles. The van der Waals surface area contributed by atoms with E-state index in [1.54, 1.807) is 50.9 Å². The van der Waals surface area contributed by atoms with E-state index in [9.17, 15) is 4.79 Å². The molecule has 0 radical (unpaired) electrons. The molecule has 0 fully saturated rings. The van der Waals surface area contributed by atoms with Gasteiger partial charge in [0.25, 0.3) is 5.91 Å². The van der Waals surface area contributed by atoms with E-state index in [-0.39, 0.29) is 5.91 Å². The van der Waals surface area contributed by atoms with E-state index in [4.69, 9.17) is 0 Å². The fourth-order valence-electron chi connectivity index (χ4n) is 2.14. The monoisotopic (exact) mass is 354 g/mol. The number of carbonyl (C=O) groups excluding carboxylic acids is 1. The molecule has 0 atom stereocenters. The molecule has 0 bridgehead atoms. The predicted molar refractivity (Wildman–Crippen MR) is 97.6 cm³/mol. The van der Waals surface area contributed by atoms with Crippen molar-refractivity contribution in [1.82, 2.24) is 24.8 Å². The van der Waals surface area contributed by atoms with Crippen molar-refractivity contribution in [2.75, 3.05) is 26.0 Å². The molecule has 3 heterocycles. The highest BCUT2D eigenvalue weighted by Crippen LogP contribution is 2.19. The molecule has 0 aliphatic carbocycles. The average molecular weight is 354 g/mol. The summed E-state index contributed by atoms with van der Waals surface area (Å²) < 4.78 is 0. The van der Waals surface area contributed by atoms with Gasteiger partial charge in [-0.05, 0) is 18.2 Å². The predicted octanol–water partition coefficient (Wildman–Crippen LogP) is 2.35. The molecular formula is C17H18N6OS. The molecule has 1 N–H and O–H groups in total. The van der Waals surface area contributed by atoms with E-state index in [0.717, 1.165) is 22.9 Å². The molecule has 7 nitrogen and oxygen atoms in total. The van der Waals surface area contributed by atoms with Gasteiger partial charge < -0.3 is 10.2 Å². The maximum absolute atomic E-state index is 11.8. The lowest BCUT2D eigenvalue weighted by atomic mass is 10.2. The van der Waals surface area contributed by atoms with Gasteiger partial charge in [0.1, 0.15) is 5.82 Å². The summed E-state index contributed by atoms with van der Waals surface area (Å²) in [6, 6.07) is 5.36. The number of anilines is 1. The topological polar surface area (TPSA) is 83.9 Å². The molecule has 0 saturated heterocycles. The zero-order valence-corrected chi connectivity index (χ0v) is 14.8. The number of pyridine rings is 1. The van der Waals surface area contributed by atoms with Gasteiger partial charge in [0.15, 0.2) is 10.8 Å². The van der Waals surface area contributed by atoms with Crippen LogP contribution in [-0.2, 0) is 6.42 Å². The average Bonchev–Trinajstić information content (AvgIpc) is 3.11. The van der Waals surface area contributed by atoms with Gasteiger partial charge in [-0.15, -0.1) is 11.3 Å². The summed E-state index contributed by atoms with van der Waals surface area (Å²) in [5.41, 5.74) is 1.56. The molecule has 0 unspecified atom stereocenters. The van der Waals surface area contributed by atoms with Crippen LogP contribution in [0.2, 0.25) is 0 Å². The van der Waals surface area contributed by atoms with Gasteiger partial charge in [0.2, 0.25) is 0 Å². The Labute approximate surface area is 149 Å². The minimum Gasteiger partial charge on any atom is -0.370 e. The van der Waals surface area contributed by atoms with E-state index in [2.05, 4.69) is 25.3 Å². The third kappa shape index (κ3) is 4.36. The number of rotatable bonds is 6. The first-order valence-corrected chi connectivity index (χ1v) is 8.65. The molecule has 0 spiro atoms. The first-order chi connectivity index (χ1) is 12.1. The van der Waals surface area contributed by atoms with Gasteiger partial charge in [0, 0.05) is 51.0 Å². The number of hydrogen-bond acceptors (Lipinski definition) is 7. The molecule has 8 heteroatoms. The molecule has 3 aromatic heterocycles. The maximum atomic E-state index is 11.8. The number of thiazole rings is 1. The highest BCUT2D eigenvalue weighted by molar-refractivity contribution is 7.13. The van der Waals surface area contributed by atoms with Gasteiger partial charge in [-0.2, -0.15) is 0 Å². The van der Waals surface area contributed by atoms with Crippen molar-refractivity contribution in [2.45, 2.75) is 6.42 Å². The zero-order valence-electron chi connectivity index (χ0n) is 14.0. The first kappa shape index (κ1) is 17.0. The van der Waals surface area contributed by atoms with Gasteiger partial charge in [0.05, 0.1) is 11.3 Å². The number of hydrogen-bond donors (Lipinski definition) is 1. The minimum atomic E-state index is -0.0582. The Morgan fingerprint density at radius 2 is 2.00 bits per heavy atom. The minimum absolute atomic E-state index is 0.0582. The fourth-order valence-corrected chi connectivity index (χ4v) is 2.93. The van der Waals surface area contributed by atoms with Crippen LogP contribution >= 0.6 is 11.3 Å². The first-order valence-electron chi connectivity index (χ1n) is 7.77. The van der Waals surface area contributed by atoms with Crippen LogP contribution in [0.3, 0.4) is 0 Å². The van der Waals surface area contributed by atoms with Gasteiger partial charge in [-0.25, -0.2) is 19.9 Å². The highest BCUT2D eigenvalue weighted by Gasteiger charge is 2.09. The second-order valence-corrected chi connectivity index (χ2v) is 6.38. The van der Waals surface area contributed by atoms with Crippen LogP contribution < -0.4 is 5.32 Å². The summed E-state index contributed by atoms with van der Waals surface area (Å²) in [6.07, 6.45) is 5.77. The lowest BCUT2D eigenvalue weighted by molar-refractivity contribution is 0.0827. The highest BCUT2D eigenvalue weighted by atomic mass is 32.1. The molecular weight excluding hydrogens is 336 g/mol. The van der Waals surface area contributed by atoms with Crippen molar-refractivity contribution in [3.05, 3.63) is 53.4 Å². The molecule has 0 aliphatic rings. The standard InChI is InChI=1S/C17H18N6OS/c1-23(2)17(24)12-4-5-14(21-10-12)18-9-6-13-11-25-16(22-13)15-19-7-3-8-20-15/h3-5,7-8,10-11H,6,9H2,1-2H3,(H,18,21). The van der Waals surface area contributed by atoms with E-state index in [0.29, 0.717) is 17.9 Å². The normalized spacial score (nSPS) is 10.5. The van der Waals surface area contributed by atoms with Crippen molar-refractivity contribution >= 4 is 23.1 Å². The Kier molecular flexibility index (Phi) is 5.30. The molecule has 3 aromatic rings. The van der Waals surface area contributed by atoms with Crippen molar-refractivity contribution in [1.29, 1.82) is 0 Å². The van der Waals surface area contributed by atoms with Crippen molar-refractivity contribution < 1.29 is 4.79 Å². The Bertz CT molecular complexity index is 832. The van der Waals surface area contributed by atoms with Crippen LogP contribution in [-0.4, -0.2) is 51.4 Å². The summed E-state index contributed by atoms with van der Waals surface area (Å²) >= 11 is 1.54. The number of amides is 1. The fraction of sp³-hybridized carbons (Fsp3) is 0.235. The van der Waals surface area contributed by atoms with Crippen LogP contribution in [0.1, 0.15) is 16.1 Å². The van der Waals surface area contributed by atoms with Gasteiger partial charge in [-0.1, -0.05) is 0 Å². The van der Waals surface area contributed by atoms with E-state index >= 15 is 0 Å². The number of aromatic nitrogens is 4. The molecule has 25 heavy (non-hydrogen) atoms. The van der Waals surface area contributed by atoms with Gasteiger partial charge >= 0.3 is 0 Å². The van der Waals surface area contributed by atoms with Crippen LogP contribution in [0.4, 0.5) is 5.82 Å². The second-order valence-electron chi connectivity index (χ2n) is 5.52.